The normalized spacial score (nSPS) is 10.9. The van der Waals surface area contributed by atoms with E-state index in [1.54, 1.807) is 35.8 Å². The summed E-state index contributed by atoms with van der Waals surface area (Å²) in [5, 5.41) is 11.5. The van der Waals surface area contributed by atoms with Gasteiger partial charge in [0.15, 0.2) is 17.3 Å². The van der Waals surface area contributed by atoms with E-state index in [1.165, 1.54) is 33.3 Å². The zero-order valence-corrected chi connectivity index (χ0v) is 26.9. The summed E-state index contributed by atoms with van der Waals surface area (Å²) in [6, 6.07) is 20.5. The maximum Gasteiger partial charge on any atom is 0.244 e. The number of carbonyl (C=O) groups is 3. The van der Waals surface area contributed by atoms with E-state index in [0.717, 1.165) is 24.3 Å². The van der Waals surface area contributed by atoms with Crippen LogP contribution in [0, 0.1) is 12.8 Å². The lowest BCUT2D eigenvalue weighted by Gasteiger charge is -2.17. The van der Waals surface area contributed by atoms with Gasteiger partial charge in [-0.15, -0.1) is 0 Å². The number of nitrogens with one attached hydrogen (secondary N) is 2. The molecule has 2 amide bonds. The van der Waals surface area contributed by atoms with Crippen LogP contribution < -0.4 is 29.7 Å². The molecule has 1 atom stereocenters. The van der Waals surface area contributed by atoms with Gasteiger partial charge in [0.1, 0.15) is 5.75 Å². The molecule has 0 aliphatic rings. The van der Waals surface area contributed by atoms with Crippen LogP contribution in [0.5, 0.6) is 23.0 Å². The van der Waals surface area contributed by atoms with Crippen molar-refractivity contribution in [3.05, 3.63) is 83.4 Å². The van der Waals surface area contributed by atoms with Crippen LogP contribution in [-0.4, -0.2) is 57.3 Å². The van der Waals surface area contributed by atoms with Crippen LogP contribution in [0.1, 0.15) is 60.5 Å². The number of hydroxylamine groups is 1. The van der Waals surface area contributed by atoms with E-state index in [1.807, 2.05) is 24.3 Å². The molecule has 0 unspecified atom stereocenters. The number of unbranched alkanes of at least 4 members (excludes halogenated alkanes) is 1. The second kappa shape index (κ2) is 20.4. The Bertz CT molecular complexity index is 1300. The predicted octanol–water partition coefficient (Wildman–Crippen LogP) is 5.72. The second-order valence-electron chi connectivity index (χ2n) is 10.4. The minimum atomic E-state index is -0.706. The Morgan fingerprint density at radius 2 is 1.51 bits per heavy atom. The van der Waals surface area contributed by atoms with Gasteiger partial charge in [-0.2, -0.15) is 0 Å². The number of aryl methyl sites for hydroxylation is 2. The van der Waals surface area contributed by atoms with Crippen molar-refractivity contribution in [2.45, 2.75) is 52.4 Å². The van der Waals surface area contributed by atoms with Crippen molar-refractivity contribution in [1.29, 1.82) is 0 Å². The fourth-order valence-corrected chi connectivity index (χ4v) is 4.43. The molecule has 0 aliphatic heterocycles. The van der Waals surface area contributed by atoms with Gasteiger partial charge in [-0.1, -0.05) is 61.4 Å². The van der Waals surface area contributed by atoms with Crippen LogP contribution in [0.3, 0.4) is 0 Å². The SMILES string of the molecule is CCCCOc1ccc(C)cc1.COc1cc(CCC[C@H](CC(=O)NO)C(=O)NCC(=O)c2ccccc2)cc(OC)c1OC. The van der Waals surface area contributed by atoms with Gasteiger partial charge in [0, 0.05) is 17.9 Å². The van der Waals surface area contributed by atoms with E-state index < -0.39 is 17.7 Å². The molecule has 10 heteroatoms. The van der Waals surface area contributed by atoms with Crippen molar-refractivity contribution >= 4 is 17.6 Å². The molecule has 3 aromatic rings. The summed E-state index contributed by atoms with van der Waals surface area (Å²) in [6.45, 7) is 4.90. The summed E-state index contributed by atoms with van der Waals surface area (Å²) in [4.78, 5) is 36.6. The Labute approximate surface area is 266 Å². The maximum atomic E-state index is 12.7. The van der Waals surface area contributed by atoms with Crippen LogP contribution in [0.25, 0.3) is 0 Å². The molecular weight excluding hydrogens is 576 g/mol. The van der Waals surface area contributed by atoms with Crippen LogP contribution in [0.4, 0.5) is 0 Å². The first-order chi connectivity index (χ1) is 21.8. The first-order valence-electron chi connectivity index (χ1n) is 15.0. The maximum absolute atomic E-state index is 12.7. The van der Waals surface area contributed by atoms with Gasteiger partial charge in [0.05, 0.1) is 34.5 Å². The van der Waals surface area contributed by atoms with Crippen molar-refractivity contribution in [3.8, 4) is 23.0 Å². The van der Waals surface area contributed by atoms with Gasteiger partial charge in [-0.25, -0.2) is 5.48 Å². The number of Topliss-reactive ketones (excluding diaryl/α,β-unsaturated/α-hetero) is 1. The van der Waals surface area contributed by atoms with Gasteiger partial charge in [0.25, 0.3) is 0 Å². The third-order valence-corrected chi connectivity index (χ3v) is 6.98. The molecule has 3 N–H and O–H groups in total. The van der Waals surface area contributed by atoms with E-state index in [9.17, 15) is 14.4 Å². The fraction of sp³-hybridized carbons (Fsp3) is 0.400. The van der Waals surface area contributed by atoms with Crippen molar-refractivity contribution in [2.75, 3.05) is 34.5 Å². The minimum Gasteiger partial charge on any atom is -0.494 e. The van der Waals surface area contributed by atoms with E-state index >= 15 is 0 Å². The van der Waals surface area contributed by atoms with E-state index in [2.05, 4.69) is 31.3 Å². The van der Waals surface area contributed by atoms with Crippen LogP contribution >= 0.6 is 0 Å². The Balaban J connectivity index is 0.000000490. The lowest BCUT2D eigenvalue weighted by atomic mass is 9.95. The smallest absolute Gasteiger partial charge is 0.244 e. The fourth-order valence-electron chi connectivity index (χ4n) is 4.43. The number of carbonyl (C=O) groups excluding carboxylic acids is 3. The zero-order chi connectivity index (χ0) is 33.0. The van der Waals surface area contributed by atoms with Crippen molar-refractivity contribution in [3.63, 3.8) is 0 Å². The van der Waals surface area contributed by atoms with Crippen LogP contribution in [0.15, 0.2) is 66.7 Å². The standard InChI is InChI=1S/C24H30N2O7.C11H16O/c1-31-20-12-16(13-21(32-2)23(20)33-3)8-7-11-18(14-22(28)26-30)24(29)25-15-19(27)17-9-5-4-6-10-17;1-3-4-9-12-11-7-5-10(2)6-8-11/h4-6,9-10,12-13,18,30H,7-8,11,14-15H2,1-3H3,(H,25,29)(H,26,28);5-8H,3-4,9H2,1-2H3/t18-;/m1./s1. The molecule has 0 fully saturated rings. The molecule has 3 rings (SSSR count). The van der Waals surface area contributed by atoms with E-state index in [0.29, 0.717) is 42.1 Å². The molecule has 0 bridgehead atoms. The number of ether oxygens (including phenoxy) is 4. The minimum absolute atomic E-state index is 0.174. The number of hydrogen-bond acceptors (Lipinski definition) is 8. The third-order valence-electron chi connectivity index (χ3n) is 6.98. The highest BCUT2D eigenvalue weighted by Gasteiger charge is 2.23. The molecule has 45 heavy (non-hydrogen) atoms. The van der Waals surface area contributed by atoms with Crippen molar-refractivity contribution in [1.82, 2.24) is 10.8 Å². The Kier molecular flexibility index (Phi) is 16.6. The summed E-state index contributed by atoms with van der Waals surface area (Å²) in [5.74, 6) is 0.498. The van der Waals surface area contributed by atoms with Crippen molar-refractivity contribution < 1.29 is 38.5 Å². The first kappa shape index (κ1) is 36.6. The van der Waals surface area contributed by atoms with Gasteiger partial charge in [-0.3, -0.25) is 19.6 Å². The van der Waals surface area contributed by atoms with Crippen LogP contribution in [-0.2, 0) is 16.0 Å². The topological polar surface area (TPSA) is 132 Å². The number of amides is 2. The molecule has 0 aromatic heterocycles. The third kappa shape index (κ3) is 12.9. The van der Waals surface area contributed by atoms with Crippen LogP contribution in [0.2, 0.25) is 0 Å². The molecule has 3 aromatic carbocycles. The molecule has 10 nitrogen and oxygen atoms in total. The number of methoxy groups -OCH3 is 3. The molecular formula is C35H46N2O8. The second-order valence-corrected chi connectivity index (χ2v) is 10.4. The summed E-state index contributed by atoms with van der Waals surface area (Å²) >= 11 is 0. The van der Waals surface area contributed by atoms with Crippen molar-refractivity contribution in [2.24, 2.45) is 5.92 Å². The molecule has 0 saturated carbocycles. The average Bonchev–Trinajstić information content (AvgIpc) is 3.07. The molecule has 0 saturated heterocycles. The lowest BCUT2D eigenvalue weighted by Crippen LogP contribution is -2.37. The molecule has 0 aliphatic carbocycles. The largest absolute Gasteiger partial charge is 0.494 e. The van der Waals surface area contributed by atoms with Gasteiger partial charge in [0.2, 0.25) is 17.6 Å². The predicted molar refractivity (Wildman–Crippen MR) is 172 cm³/mol. The highest BCUT2D eigenvalue weighted by molar-refractivity contribution is 5.99. The number of benzene rings is 3. The highest BCUT2D eigenvalue weighted by Crippen LogP contribution is 2.38. The molecule has 0 radical (unpaired) electrons. The Hall–Kier alpha value is -4.57. The molecule has 244 valence electrons. The number of hydrogen-bond donors (Lipinski definition) is 3. The molecule has 0 heterocycles. The number of rotatable bonds is 17. The Morgan fingerprint density at radius 1 is 0.867 bits per heavy atom. The van der Waals surface area contributed by atoms with E-state index in [-0.39, 0.29) is 18.7 Å². The monoisotopic (exact) mass is 622 g/mol. The molecule has 0 spiro atoms. The number of ketones is 1. The first-order valence-corrected chi connectivity index (χ1v) is 15.0. The Morgan fingerprint density at radius 3 is 2.07 bits per heavy atom. The average molecular weight is 623 g/mol. The summed E-state index contributed by atoms with van der Waals surface area (Å²) in [5.41, 5.74) is 4.24. The highest BCUT2D eigenvalue weighted by atomic mass is 16.5. The zero-order valence-electron chi connectivity index (χ0n) is 26.9. The van der Waals surface area contributed by atoms with E-state index in [4.69, 9.17) is 24.2 Å². The summed E-state index contributed by atoms with van der Waals surface area (Å²) in [6.07, 6.45) is 3.65. The van der Waals surface area contributed by atoms with Gasteiger partial charge in [-0.05, 0) is 62.4 Å². The van der Waals surface area contributed by atoms with Gasteiger partial charge < -0.3 is 24.3 Å². The summed E-state index contributed by atoms with van der Waals surface area (Å²) < 4.78 is 21.5. The van der Waals surface area contributed by atoms with Gasteiger partial charge >= 0.3 is 0 Å². The summed E-state index contributed by atoms with van der Waals surface area (Å²) in [7, 11) is 4.59. The quantitative estimate of drug-likeness (QED) is 0.0754. The lowest BCUT2D eigenvalue weighted by molar-refractivity contribution is -0.134.